The van der Waals surface area contributed by atoms with Gasteiger partial charge in [0.05, 0.1) is 12.7 Å². The van der Waals surface area contributed by atoms with E-state index in [0.717, 1.165) is 37.0 Å². The summed E-state index contributed by atoms with van der Waals surface area (Å²) >= 11 is 0. The molecule has 0 atom stereocenters. The van der Waals surface area contributed by atoms with Gasteiger partial charge >= 0.3 is 0 Å². The van der Waals surface area contributed by atoms with Crippen molar-refractivity contribution < 1.29 is 9.84 Å². The van der Waals surface area contributed by atoms with Crippen LogP contribution < -0.4 is 4.74 Å². The van der Waals surface area contributed by atoms with E-state index in [4.69, 9.17) is 4.74 Å². The number of aliphatic hydroxyl groups is 1. The molecule has 1 aromatic carbocycles. The lowest BCUT2D eigenvalue weighted by atomic mass is 9.84. The molecule has 0 bridgehead atoms. The Labute approximate surface area is 110 Å². The van der Waals surface area contributed by atoms with Crippen molar-refractivity contribution in [2.24, 2.45) is 0 Å². The molecule has 0 spiro atoms. The predicted molar refractivity (Wildman–Crippen MR) is 73.8 cm³/mol. The molecule has 1 saturated carbocycles. The topological polar surface area (TPSA) is 29.5 Å². The van der Waals surface area contributed by atoms with Crippen LogP contribution in [0.1, 0.15) is 56.9 Å². The lowest BCUT2D eigenvalue weighted by Crippen LogP contribution is -2.25. The molecule has 0 amide bonds. The second-order valence-electron chi connectivity index (χ2n) is 5.38. The first-order valence-electron chi connectivity index (χ1n) is 7.11. The maximum atomic E-state index is 10.9. The van der Waals surface area contributed by atoms with E-state index < -0.39 is 5.60 Å². The van der Waals surface area contributed by atoms with Gasteiger partial charge in [-0.3, -0.25) is 0 Å². The SMILES string of the molecule is COc1ccc(C2(O)CCCCCCCC2)cc1. The molecule has 0 saturated heterocycles. The number of methoxy groups -OCH3 is 1. The molecule has 2 nitrogen and oxygen atoms in total. The van der Waals surface area contributed by atoms with Crippen molar-refractivity contribution in [1.29, 1.82) is 0 Å². The fourth-order valence-corrected chi connectivity index (χ4v) is 2.86. The molecule has 0 aliphatic heterocycles. The largest absolute Gasteiger partial charge is 0.497 e. The summed E-state index contributed by atoms with van der Waals surface area (Å²) in [5.74, 6) is 0.852. The lowest BCUT2D eigenvalue weighted by Gasteiger charge is -2.28. The average molecular weight is 248 g/mol. The third-order valence-electron chi connectivity index (χ3n) is 4.06. The molecule has 1 aliphatic rings. The standard InChI is InChI=1S/C16H24O2/c1-18-15-10-8-14(9-11-15)16(17)12-6-4-2-3-5-7-13-16/h8-11,17H,2-7,12-13H2,1H3. The first kappa shape index (κ1) is 13.4. The highest BCUT2D eigenvalue weighted by atomic mass is 16.5. The number of hydrogen-bond acceptors (Lipinski definition) is 2. The van der Waals surface area contributed by atoms with E-state index in [1.165, 1.54) is 25.7 Å². The van der Waals surface area contributed by atoms with Crippen LogP contribution in [-0.2, 0) is 5.60 Å². The zero-order valence-corrected chi connectivity index (χ0v) is 11.3. The van der Waals surface area contributed by atoms with Crippen molar-refractivity contribution in [3.05, 3.63) is 29.8 Å². The molecular weight excluding hydrogens is 224 g/mol. The van der Waals surface area contributed by atoms with E-state index in [1.54, 1.807) is 7.11 Å². The number of ether oxygens (including phenoxy) is 1. The van der Waals surface area contributed by atoms with Gasteiger partial charge in [-0.15, -0.1) is 0 Å². The first-order chi connectivity index (χ1) is 8.74. The Bertz CT molecular complexity index is 346. The Morgan fingerprint density at radius 1 is 0.889 bits per heavy atom. The average Bonchev–Trinajstić information content (AvgIpc) is 2.52. The third kappa shape index (κ3) is 3.26. The van der Waals surface area contributed by atoms with Crippen LogP contribution in [0.25, 0.3) is 0 Å². The van der Waals surface area contributed by atoms with Crippen LogP contribution in [0.2, 0.25) is 0 Å². The predicted octanol–water partition coefficient (Wildman–Crippen LogP) is 4.02. The van der Waals surface area contributed by atoms with Crippen molar-refractivity contribution in [3.8, 4) is 5.75 Å². The maximum Gasteiger partial charge on any atom is 0.118 e. The fraction of sp³-hybridized carbons (Fsp3) is 0.625. The Hall–Kier alpha value is -1.02. The minimum Gasteiger partial charge on any atom is -0.497 e. The molecule has 0 aromatic heterocycles. The highest BCUT2D eigenvalue weighted by molar-refractivity contribution is 5.30. The molecule has 0 radical (unpaired) electrons. The summed E-state index contributed by atoms with van der Waals surface area (Å²) in [4.78, 5) is 0. The lowest BCUT2D eigenvalue weighted by molar-refractivity contribution is 0.0150. The summed E-state index contributed by atoms with van der Waals surface area (Å²) < 4.78 is 5.17. The number of benzene rings is 1. The van der Waals surface area contributed by atoms with Gasteiger partial charge in [-0.25, -0.2) is 0 Å². The molecule has 1 aromatic rings. The molecule has 1 N–H and O–H groups in total. The van der Waals surface area contributed by atoms with Crippen LogP contribution >= 0.6 is 0 Å². The smallest absolute Gasteiger partial charge is 0.118 e. The summed E-state index contributed by atoms with van der Waals surface area (Å²) in [5, 5.41) is 10.9. The minimum atomic E-state index is -0.628. The van der Waals surface area contributed by atoms with Crippen molar-refractivity contribution in [3.63, 3.8) is 0 Å². The number of hydrogen-bond donors (Lipinski definition) is 1. The molecule has 0 unspecified atom stereocenters. The highest BCUT2D eigenvalue weighted by Crippen LogP contribution is 2.35. The fourth-order valence-electron chi connectivity index (χ4n) is 2.86. The molecule has 0 heterocycles. The van der Waals surface area contributed by atoms with E-state index in [-0.39, 0.29) is 0 Å². The van der Waals surface area contributed by atoms with Gasteiger partial charge in [0.25, 0.3) is 0 Å². The van der Waals surface area contributed by atoms with Gasteiger partial charge in [0.2, 0.25) is 0 Å². The van der Waals surface area contributed by atoms with Crippen molar-refractivity contribution in [2.75, 3.05) is 7.11 Å². The molecule has 100 valence electrons. The van der Waals surface area contributed by atoms with Crippen LogP contribution in [0.15, 0.2) is 24.3 Å². The quantitative estimate of drug-likeness (QED) is 0.856. The zero-order chi connectivity index (χ0) is 12.8. The van der Waals surface area contributed by atoms with Gasteiger partial charge in [-0.1, -0.05) is 50.7 Å². The summed E-state index contributed by atoms with van der Waals surface area (Å²) in [7, 11) is 1.67. The van der Waals surface area contributed by atoms with E-state index in [9.17, 15) is 5.11 Å². The normalized spacial score (nSPS) is 20.6. The Morgan fingerprint density at radius 3 is 1.89 bits per heavy atom. The van der Waals surface area contributed by atoms with Gasteiger partial charge in [-0.2, -0.15) is 0 Å². The monoisotopic (exact) mass is 248 g/mol. The Morgan fingerprint density at radius 2 is 1.39 bits per heavy atom. The molecule has 2 rings (SSSR count). The van der Waals surface area contributed by atoms with Gasteiger partial charge in [-0.05, 0) is 30.5 Å². The molecule has 1 aliphatic carbocycles. The van der Waals surface area contributed by atoms with Crippen LogP contribution in [0.4, 0.5) is 0 Å². The molecule has 2 heteroatoms. The first-order valence-corrected chi connectivity index (χ1v) is 7.11. The van der Waals surface area contributed by atoms with Crippen LogP contribution in [0.3, 0.4) is 0 Å². The van der Waals surface area contributed by atoms with E-state index in [0.29, 0.717) is 0 Å². The van der Waals surface area contributed by atoms with Gasteiger partial charge in [0.1, 0.15) is 5.75 Å². The minimum absolute atomic E-state index is 0.628. The number of rotatable bonds is 2. The van der Waals surface area contributed by atoms with Gasteiger partial charge in [0, 0.05) is 0 Å². The van der Waals surface area contributed by atoms with Crippen molar-refractivity contribution >= 4 is 0 Å². The van der Waals surface area contributed by atoms with Gasteiger partial charge < -0.3 is 9.84 Å². The third-order valence-corrected chi connectivity index (χ3v) is 4.06. The molecule has 1 fully saturated rings. The summed E-state index contributed by atoms with van der Waals surface area (Å²) in [6.45, 7) is 0. The van der Waals surface area contributed by atoms with E-state index in [1.807, 2.05) is 24.3 Å². The highest BCUT2D eigenvalue weighted by Gasteiger charge is 2.28. The molecular formula is C16H24O2. The van der Waals surface area contributed by atoms with E-state index in [2.05, 4.69) is 0 Å². The summed E-state index contributed by atoms with van der Waals surface area (Å²) in [5.41, 5.74) is 0.418. The van der Waals surface area contributed by atoms with Gasteiger partial charge in [0.15, 0.2) is 0 Å². The van der Waals surface area contributed by atoms with Crippen molar-refractivity contribution in [2.45, 2.75) is 57.0 Å². The summed E-state index contributed by atoms with van der Waals surface area (Å²) in [6, 6.07) is 7.91. The second-order valence-corrected chi connectivity index (χ2v) is 5.38. The van der Waals surface area contributed by atoms with Crippen LogP contribution in [-0.4, -0.2) is 12.2 Å². The second kappa shape index (κ2) is 6.24. The maximum absolute atomic E-state index is 10.9. The van der Waals surface area contributed by atoms with Crippen molar-refractivity contribution in [1.82, 2.24) is 0 Å². The Kier molecular flexibility index (Phi) is 4.65. The van der Waals surface area contributed by atoms with Crippen LogP contribution in [0, 0.1) is 0 Å². The Balaban J connectivity index is 2.14. The molecule has 18 heavy (non-hydrogen) atoms. The zero-order valence-electron chi connectivity index (χ0n) is 11.3. The summed E-state index contributed by atoms with van der Waals surface area (Å²) in [6.07, 6.45) is 9.16. The van der Waals surface area contributed by atoms with E-state index >= 15 is 0 Å². The van der Waals surface area contributed by atoms with Crippen LogP contribution in [0.5, 0.6) is 5.75 Å².